The monoisotopic (exact) mass is 439 g/mol. The molecule has 0 aliphatic rings. The first-order valence-electron chi connectivity index (χ1n) is 7.08. The summed E-state index contributed by atoms with van der Waals surface area (Å²) < 4.78 is 13.7. The molecule has 24 heavy (non-hydrogen) atoms. The molecule has 2 aromatic rings. The Balaban J connectivity index is 1.87. The third kappa shape index (κ3) is 5.73. The summed E-state index contributed by atoms with van der Waals surface area (Å²) in [5, 5.41) is 6.55. The Morgan fingerprint density at radius 1 is 1.17 bits per heavy atom. The summed E-state index contributed by atoms with van der Waals surface area (Å²) in [5.74, 6) is -1.01. The highest BCUT2D eigenvalue weighted by atomic mass is 127. The van der Waals surface area contributed by atoms with Gasteiger partial charge in [0.05, 0.1) is 6.42 Å². The fraction of sp³-hybridized carbons (Fsp3) is 0.118. The van der Waals surface area contributed by atoms with Crippen LogP contribution in [0.15, 0.2) is 53.6 Å². The van der Waals surface area contributed by atoms with Gasteiger partial charge < -0.3 is 5.32 Å². The van der Waals surface area contributed by atoms with Gasteiger partial charge in [0, 0.05) is 20.5 Å². The van der Waals surface area contributed by atoms with Crippen molar-refractivity contribution in [1.82, 2.24) is 5.43 Å². The number of amides is 2. The summed E-state index contributed by atoms with van der Waals surface area (Å²) >= 11 is 2.12. The van der Waals surface area contributed by atoms with E-state index in [4.69, 9.17) is 0 Å². The highest BCUT2D eigenvalue weighted by molar-refractivity contribution is 14.1. The summed E-state index contributed by atoms with van der Waals surface area (Å²) in [6.45, 7) is 1.64. The van der Waals surface area contributed by atoms with Crippen molar-refractivity contribution in [1.29, 1.82) is 0 Å². The van der Waals surface area contributed by atoms with Gasteiger partial charge in [0.2, 0.25) is 5.91 Å². The fourth-order valence-corrected chi connectivity index (χ4v) is 2.39. The predicted octanol–water partition coefficient (Wildman–Crippen LogP) is 3.56. The van der Waals surface area contributed by atoms with Crippen molar-refractivity contribution in [2.45, 2.75) is 13.3 Å². The van der Waals surface area contributed by atoms with E-state index in [1.165, 1.54) is 24.3 Å². The van der Waals surface area contributed by atoms with E-state index in [1.54, 1.807) is 25.1 Å². The minimum atomic E-state index is -0.371. The molecule has 0 fully saturated rings. The molecule has 0 aliphatic heterocycles. The standard InChI is InChI=1S/C17H15FIN3O2/c1-11(9-16(23)20-15-7-5-13(18)6-8-15)21-22-17(24)12-3-2-4-14(19)10-12/h2-8,10H,9H2,1H3,(H,20,23)(H,22,24). The summed E-state index contributed by atoms with van der Waals surface area (Å²) in [6, 6.07) is 12.5. The molecule has 2 amide bonds. The maximum Gasteiger partial charge on any atom is 0.271 e. The van der Waals surface area contributed by atoms with E-state index in [-0.39, 0.29) is 24.1 Å². The van der Waals surface area contributed by atoms with Gasteiger partial charge in [-0.3, -0.25) is 9.59 Å². The lowest BCUT2D eigenvalue weighted by atomic mass is 10.2. The van der Waals surface area contributed by atoms with Crippen molar-refractivity contribution in [3.63, 3.8) is 0 Å². The van der Waals surface area contributed by atoms with Gasteiger partial charge >= 0.3 is 0 Å². The zero-order valence-electron chi connectivity index (χ0n) is 12.8. The first-order chi connectivity index (χ1) is 11.4. The van der Waals surface area contributed by atoms with Crippen LogP contribution in [0.4, 0.5) is 10.1 Å². The van der Waals surface area contributed by atoms with Crippen LogP contribution in [-0.4, -0.2) is 17.5 Å². The van der Waals surface area contributed by atoms with Gasteiger partial charge in [0.25, 0.3) is 5.91 Å². The predicted molar refractivity (Wildman–Crippen MR) is 99.4 cm³/mol. The number of rotatable bonds is 5. The normalized spacial score (nSPS) is 11.0. The minimum absolute atomic E-state index is 0.0178. The number of hydrogen-bond acceptors (Lipinski definition) is 3. The number of hydrazone groups is 1. The van der Waals surface area contributed by atoms with E-state index in [2.05, 4.69) is 38.4 Å². The third-order valence-electron chi connectivity index (χ3n) is 2.98. The first kappa shape index (κ1) is 18.1. The molecular weight excluding hydrogens is 424 g/mol. The molecule has 7 heteroatoms. The summed E-state index contributed by atoms with van der Waals surface area (Å²) in [4.78, 5) is 23.8. The van der Waals surface area contributed by atoms with E-state index in [9.17, 15) is 14.0 Å². The second-order valence-corrected chi connectivity index (χ2v) is 6.28. The Hall–Kier alpha value is -2.29. The molecular formula is C17H15FIN3O2. The molecule has 0 aromatic heterocycles. The molecule has 0 saturated heterocycles. The highest BCUT2D eigenvalue weighted by Crippen LogP contribution is 2.09. The quantitative estimate of drug-likeness (QED) is 0.425. The third-order valence-corrected chi connectivity index (χ3v) is 3.65. The molecule has 0 saturated carbocycles. The van der Waals surface area contributed by atoms with Crippen LogP contribution in [0.5, 0.6) is 0 Å². The maximum absolute atomic E-state index is 12.8. The molecule has 0 unspecified atom stereocenters. The molecule has 0 heterocycles. The average molecular weight is 439 g/mol. The number of benzene rings is 2. The molecule has 124 valence electrons. The molecule has 2 aromatic carbocycles. The van der Waals surface area contributed by atoms with Crippen molar-refractivity contribution >= 4 is 45.8 Å². The lowest BCUT2D eigenvalue weighted by Gasteiger charge is -2.05. The van der Waals surface area contributed by atoms with Crippen LogP contribution >= 0.6 is 22.6 Å². The number of halogens is 2. The van der Waals surface area contributed by atoms with Crippen LogP contribution in [-0.2, 0) is 4.79 Å². The van der Waals surface area contributed by atoms with Crippen LogP contribution in [0.1, 0.15) is 23.7 Å². The van der Waals surface area contributed by atoms with Crippen molar-refractivity contribution in [3.8, 4) is 0 Å². The van der Waals surface area contributed by atoms with Crippen LogP contribution in [0, 0.1) is 9.39 Å². The molecule has 2 N–H and O–H groups in total. The molecule has 2 rings (SSSR count). The van der Waals surface area contributed by atoms with Crippen molar-refractivity contribution in [2.24, 2.45) is 5.10 Å². The summed E-state index contributed by atoms with van der Waals surface area (Å²) in [7, 11) is 0. The summed E-state index contributed by atoms with van der Waals surface area (Å²) in [6.07, 6.45) is 0.0178. The number of nitrogens with one attached hydrogen (secondary N) is 2. The molecule has 5 nitrogen and oxygen atoms in total. The van der Waals surface area contributed by atoms with Gasteiger partial charge in [0.1, 0.15) is 5.82 Å². The minimum Gasteiger partial charge on any atom is -0.326 e. The smallest absolute Gasteiger partial charge is 0.271 e. The van der Waals surface area contributed by atoms with E-state index in [0.717, 1.165) is 3.57 Å². The Labute approximate surface area is 152 Å². The van der Waals surface area contributed by atoms with Gasteiger partial charge in [-0.25, -0.2) is 9.82 Å². The van der Waals surface area contributed by atoms with Crippen LogP contribution in [0.3, 0.4) is 0 Å². The number of hydrogen-bond donors (Lipinski definition) is 2. The second kappa shape index (κ2) is 8.53. The van der Waals surface area contributed by atoms with E-state index < -0.39 is 0 Å². The Morgan fingerprint density at radius 3 is 2.54 bits per heavy atom. The molecule has 0 bridgehead atoms. The highest BCUT2D eigenvalue weighted by Gasteiger charge is 2.07. The topological polar surface area (TPSA) is 70.6 Å². The lowest BCUT2D eigenvalue weighted by Crippen LogP contribution is -2.21. The van der Waals surface area contributed by atoms with E-state index in [0.29, 0.717) is 17.0 Å². The van der Waals surface area contributed by atoms with Gasteiger partial charge in [-0.05, 0) is 72.0 Å². The van der Waals surface area contributed by atoms with Crippen LogP contribution in [0.25, 0.3) is 0 Å². The molecule has 0 spiro atoms. The lowest BCUT2D eigenvalue weighted by molar-refractivity contribution is -0.115. The first-order valence-corrected chi connectivity index (χ1v) is 8.16. The van der Waals surface area contributed by atoms with Gasteiger partial charge in [-0.1, -0.05) is 6.07 Å². The van der Waals surface area contributed by atoms with Crippen LogP contribution in [0.2, 0.25) is 0 Å². The van der Waals surface area contributed by atoms with Gasteiger partial charge in [0.15, 0.2) is 0 Å². The Kier molecular flexibility index (Phi) is 6.42. The van der Waals surface area contributed by atoms with E-state index in [1.807, 2.05) is 6.07 Å². The zero-order valence-corrected chi connectivity index (χ0v) is 15.0. The number of carbonyl (C=O) groups is 2. The van der Waals surface area contributed by atoms with Gasteiger partial charge in [-0.15, -0.1) is 0 Å². The average Bonchev–Trinajstić information content (AvgIpc) is 2.54. The van der Waals surface area contributed by atoms with Crippen molar-refractivity contribution in [2.75, 3.05) is 5.32 Å². The van der Waals surface area contributed by atoms with E-state index >= 15 is 0 Å². The number of nitrogens with zero attached hydrogens (tertiary/aromatic N) is 1. The van der Waals surface area contributed by atoms with Gasteiger partial charge in [-0.2, -0.15) is 5.10 Å². The van der Waals surface area contributed by atoms with Crippen molar-refractivity contribution < 1.29 is 14.0 Å². The zero-order chi connectivity index (χ0) is 17.5. The second-order valence-electron chi connectivity index (χ2n) is 5.03. The largest absolute Gasteiger partial charge is 0.326 e. The number of carbonyl (C=O) groups excluding carboxylic acids is 2. The Bertz CT molecular complexity index is 776. The van der Waals surface area contributed by atoms with Crippen molar-refractivity contribution in [3.05, 3.63) is 63.5 Å². The molecule has 0 atom stereocenters. The maximum atomic E-state index is 12.8. The molecule has 0 aliphatic carbocycles. The SMILES string of the molecule is CC(CC(=O)Nc1ccc(F)cc1)=NNC(=O)c1cccc(I)c1. The van der Waals surface area contributed by atoms with Crippen LogP contribution < -0.4 is 10.7 Å². The Morgan fingerprint density at radius 2 is 1.88 bits per heavy atom. The molecule has 0 radical (unpaired) electrons. The summed E-state index contributed by atoms with van der Waals surface area (Å²) in [5.41, 5.74) is 3.86. The number of anilines is 1. The fourth-order valence-electron chi connectivity index (χ4n) is 1.85.